The smallest absolute Gasteiger partial charge is 0.373 e. The first-order valence-corrected chi connectivity index (χ1v) is 4.70. The van der Waals surface area contributed by atoms with Gasteiger partial charge in [0.2, 0.25) is 5.76 Å². The van der Waals surface area contributed by atoms with Gasteiger partial charge in [-0.1, -0.05) is 6.08 Å². The van der Waals surface area contributed by atoms with Gasteiger partial charge in [-0.25, -0.2) is 4.79 Å². The maximum Gasteiger partial charge on any atom is 0.373 e. The molecule has 0 aromatic carbocycles. The van der Waals surface area contributed by atoms with Crippen molar-refractivity contribution in [2.45, 2.75) is 6.92 Å². The van der Waals surface area contributed by atoms with Crippen molar-refractivity contribution in [3.63, 3.8) is 0 Å². The Labute approximate surface area is 93.9 Å². The predicted molar refractivity (Wildman–Crippen MR) is 62.4 cm³/mol. The third-order valence-electron chi connectivity index (χ3n) is 1.95. The van der Waals surface area contributed by atoms with E-state index in [0.717, 1.165) is 5.57 Å². The molecule has 0 N–H and O–H groups in total. The third-order valence-corrected chi connectivity index (χ3v) is 1.95. The first kappa shape index (κ1) is 12.0. The molecule has 0 saturated heterocycles. The van der Waals surface area contributed by atoms with Gasteiger partial charge in [-0.2, -0.15) is 0 Å². The molecule has 0 radical (unpaired) electrons. The summed E-state index contributed by atoms with van der Waals surface area (Å²) in [7, 11) is 1.31. The van der Waals surface area contributed by atoms with Gasteiger partial charge in [0.05, 0.1) is 7.11 Å². The minimum Gasteiger partial charge on any atom is -0.463 e. The van der Waals surface area contributed by atoms with Crippen molar-refractivity contribution in [3.05, 3.63) is 42.0 Å². The van der Waals surface area contributed by atoms with E-state index >= 15 is 0 Å². The number of nitrogens with zero attached hydrogens (tertiary/aromatic N) is 1. The van der Waals surface area contributed by atoms with Gasteiger partial charge in [-0.05, 0) is 31.9 Å². The number of carbonyl (C=O) groups excluding carboxylic acids is 1. The predicted octanol–water partition coefficient (Wildman–Crippen LogP) is 2.68. The van der Waals surface area contributed by atoms with Gasteiger partial charge in [0.25, 0.3) is 0 Å². The fourth-order valence-electron chi connectivity index (χ4n) is 1.16. The highest BCUT2D eigenvalue weighted by atomic mass is 16.5. The number of aliphatic imine (C=N–C) groups is 1. The lowest BCUT2D eigenvalue weighted by atomic mass is 10.2. The molecular weight excluding hydrogens is 206 g/mol. The van der Waals surface area contributed by atoms with Crippen LogP contribution >= 0.6 is 0 Å². The van der Waals surface area contributed by atoms with E-state index < -0.39 is 5.97 Å². The molecule has 0 aliphatic carbocycles. The zero-order valence-corrected chi connectivity index (χ0v) is 9.27. The number of hydrogen-bond acceptors (Lipinski definition) is 4. The van der Waals surface area contributed by atoms with Crippen molar-refractivity contribution in [3.8, 4) is 0 Å². The highest BCUT2D eigenvalue weighted by Gasteiger charge is 2.11. The monoisotopic (exact) mass is 219 g/mol. The van der Waals surface area contributed by atoms with Gasteiger partial charge in [0.1, 0.15) is 5.76 Å². The van der Waals surface area contributed by atoms with Crippen LogP contribution in [-0.4, -0.2) is 19.8 Å². The van der Waals surface area contributed by atoms with Crippen LogP contribution in [0.4, 0.5) is 0 Å². The number of ether oxygens (including phenoxy) is 1. The molecule has 0 saturated carbocycles. The number of rotatable bonds is 4. The number of allylic oxidation sites excluding steroid dienone is 3. The number of esters is 1. The van der Waals surface area contributed by atoms with Crippen molar-refractivity contribution in [2.75, 3.05) is 7.11 Å². The topological polar surface area (TPSA) is 51.8 Å². The lowest BCUT2D eigenvalue weighted by molar-refractivity contribution is 0.0564. The van der Waals surface area contributed by atoms with Crippen LogP contribution in [0.3, 0.4) is 0 Å². The minimum absolute atomic E-state index is 0.178. The van der Waals surface area contributed by atoms with Gasteiger partial charge < -0.3 is 9.15 Å². The normalized spacial score (nSPS) is 11.8. The molecule has 1 aromatic heterocycles. The summed E-state index contributed by atoms with van der Waals surface area (Å²) in [6.07, 6.45) is 5.14. The van der Waals surface area contributed by atoms with Gasteiger partial charge in [-0.3, -0.25) is 4.99 Å². The van der Waals surface area contributed by atoms with E-state index in [1.54, 1.807) is 24.4 Å². The van der Waals surface area contributed by atoms with Crippen LogP contribution in [0.2, 0.25) is 0 Å². The average molecular weight is 219 g/mol. The lowest BCUT2D eigenvalue weighted by Crippen LogP contribution is -1.98. The zero-order chi connectivity index (χ0) is 12.0. The fraction of sp³-hybridized carbons (Fsp3) is 0.167. The zero-order valence-electron chi connectivity index (χ0n) is 9.27. The molecule has 0 unspecified atom stereocenters. The Kier molecular flexibility index (Phi) is 4.27. The maximum absolute atomic E-state index is 11.2. The van der Waals surface area contributed by atoms with Crippen molar-refractivity contribution in [2.24, 2.45) is 4.99 Å². The quantitative estimate of drug-likeness (QED) is 0.444. The fourth-order valence-corrected chi connectivity index (χ4v) is 1.16. The van der Waals surface area contributed by atoms with Gasteiger partial charge in [0.15, 0.2) is 0 Å². The summed E-state index contributed by atoms with van der Waals surface area (Å²) in [5.41, 5.74) is 0.822. The highest BCUT2D eigenvalue weighted by Crippen LogP contribution is 2.19. The Morgan fingerprint density at radius 2 is 2.19 bits per heavy atom. The van der Waals surface area contributed by atoms with Crippen LogP contribution in [0.15, 0.2) is 39.9 Å². The van der Waals surface area contributed by atoms with Crippen LogP contribution in [0, 0.1) is 0 Å². The minimum atomic E-state index is -0.493. The third kappa shape index (κ3) is 2.70. The summed E-state index contributed by atoms with van der Waals surface area (Å²) in [5, 5.41) is 0. The van der Waals surface area contributed by atoms with E-state index in [4.69, 9.17) is 4.42 Å². The summed E-state index contributed by atoms with van der Waals surface area (Å²) in [6.45, 7) is 5.20. The molecule has 0 fully saturated rings. The molecular formula is C12H13NO3. The average Bonchev–Trinajstić information content (AvgIpc) is 2.78. The molecule has 0 amide bonds. The molecule has 16 heavy (non-hydrogen) atoms. The Bertz CT molecular complexity index is 441. The Hall–Kier alpha value is -2.10. The molecule has 0 aliphatic rings. The van der Waals surface area contributed by atoms with Crippen LogP contribution in [-0.2, 0) is 4.74 Å². The van der Waals surface area contributed by atoms with Crippen molar-refractivity contribution < 1.29 is 13.9 Å². The molecule has 0 spiro atoms. The molecule has 0 atom stereocenters. The first-order chi connectivity index (χ1) is 7.72. The molecule has 0 bridgehead atoms. The van der Waals surface area contributed by atoms with Crippen LogP contribution in [0.1, 0.15) is 23.2 Å². The molecule has 0 aliphatic heterocycles. The second-order valence-corrected chi connectivity index (χ2v) is 2.90. The van der Waals surface area contributed by atoms with Crippen molar-refractivity contribution in [1.82, 2.24) is 0 Å². The Balaban J connectivity index is 2.96. The van der Waals surface area contributed by atoms with Crippen molar-refractivity contribution in [1.29, 1.82) is 0 Å². The number of methoxy groups -OCH3 is 1. The second kappa shape index (κ2) is 5.70. The SMILES string of the molecule is C=N/C=C\C(=C/C)c1ccc(C(=O)OC)o1. The van der Waals surface area contributed by atoms with Crippen LogP contribution in [0.5, 0.6) is 0 Å². The van der Waals surface area contributed by atoms with E-state index in [2.05, 4.69) is 16.4 Å². The molecule has 84 valence electrons. The first-order valence-electron chi connectivity index (χ1n) is 4.70. The standard InChI is InChI=1S/C12H13NO3/c1-4-9(7-8-13-2)10-5-6-11(16-10)12(14)15-3/h4-8H,2H2,1,3H3/b8-7-,9-4+. The van der Waals surface area contributed by atoms with Crippen molar-refractivity contribution >= 4 is 18.3 Å². The van der Waals surface area contributed by atoms with Gasteiger partial charge in [0, 0.05) is 11.8 Å². The summed E-state index contributed by atoms with van der Waals surface area (Å²) in [5.74, 6) is 0.271. The molecule has 1 aromatic rings. The molecule has 1 rings (SSSR count). The molecule has 4 nitrogen and oxygen atoms in total. The summed E-state index contributed by atoms with van der Waals surface area (Å²) in [4.78, 5) is 14.8. The molecule has 1 heterocycles. The molecule has 4 heteroatoms. The van der Waals surface area contributed by atoms with Gasteiger partial charge in [-0.15, -0.1) is 0 Å². The second-order valence-electron chi connectivity index (χ2n) is 2.90. The number of furan rings is 1. The number of hydrogen-bond donors (Lipinski definition) is 0. The van der Waals surface area contributed by atoms with E-state index in [0.29, 0.717) is 5.76 Å². The Morgan fingerprint density at radius 3 is 2.75 bits per heavy atom. The summed E-state index contributed by atoms with van der Waals surface area (Å²) < 4.78 is 9.88. The Morgan fingerprint density at radius 1 is 1.50 bits per heavy atom. The van der Waals surface area contributed by atoms with Crippen LogP contribution < -0.4 is 0 Å². The summed E-state index contributed by atoms with van der Waals surface area (Å²) in [6, 6.07) is 3.27. The summed E-state index contributed by atoms with van der Waals surface area (Å²) >= 11 is 0. The van der Waals surface area contributed by atoms with E-state index in [1.807, 2.05) is 13.0 Å². The largest absolute Gasteiger partial charge is 0.463 e. The van der Waals surface area contributed by atoms with E-state index in [-0.39, 0.29) is 5.76 Å². The van der Waals surface area contributed by atoms with E-state index in [1.165, 1.54) is 7.11 Å². The number of carbonyl (C=O) groups is 1. The van der Waals surface area contributed by atoms with E-state index in [9.17, 15) is 4.79 Å². The lowest BCUT2D eigenvalue weighted by Gasteiger charge is -1.96. The van der Waals surface area contributed by atoms with Gasteiger partial charge >= 0.3 is 5.97 Å². The maximum atomic E-state index is 11.2. The highest BCUT2D eigenvalue weighted by molar-refractivity contribution is 5.87. The van der Waals surface area contributed by atoms with Crippen LogP contribution in [0.25, 0.3) is 5.57 Å².